The van der Waals surface area contributed by atoms with Crippen molar-refractivity contribution in [2.45, 2.75) is 25.7 Å². The highest BCUT2D eigenvalue weighted by molar-refractivity contribution is 5.89. The number of unbranched alkanes of at least 4 members (excludes halogenated alkanes) is 3. The maximum Gasteiger partial charge on any atom is 0.337 e. The highest BCUT2D eigenvalue weighted by Gasteiger charge is 2.04. The lowest BCUT2D eigenvalue weighted by Gasteiger charge is -2.07. The number of para-hydroxylation sites is 1. The Balaban J connectivity index is 1.51. The molecular formula is C20H24O4. The maximum absolute atomic E-state index is 11.3. The average Bonchev–Trinajstić information content (AvgIpc) is 2.64. The zero-order valence-electron chi connectivity index (χ0n) is 14.1. The lowest BCUT2D eigenvalue weighted by molar-refractivity contribution is 0.0600. The second-order valence-electron chi connectivity index (χ2n) is 5.44. The van der Waals surface area contributed by atoms with Gasteiger partial charge in [0, 0.05) is 0 Å². The van der Waals surface area contributed by atoms with Crippen LogP contribution < -0.4 is 9.47 Å². The molecule has 0 aromatic heterocycles. The van der Waals surface area contributed by atoms with Crippen molar-refractivity contribution in [2.24, 2.45) is 0 Å². The molecule has 0 radical (unpaired) electrons. The molecule has 2 aromatic carbocycles. The van der Waals surface area contributed by atoms with Crippen LogP contribution in [0.5, 0.6) is 11.5 Å². The lowest BCUT2D eigenvalue weighted by Crippen LogP contribution is -2.02. The fourth-order valence-electron chi connectivity index (χ4n) is 2.26. The minimum atomic E-state index is -0.334. The molecular weight excluding hydrogens is 304 g/mol. The van der Waals surface area contributed by atoms with Gasteiger partial charge in [0.25, 0.3) is 0 Å². The summed E-state index contributed by atoms with van der Waals surface area (Å²) in [7, 11) is 1.37. The molecule has 0 bridgehead atoms. The summed E-state index contributed by atoms with van der Waals surface area (Å²) in [5.41, 5.74) is 0.531. The van der Waals surface area contributed by atoms with E-state index in [2.05, 4.69) is 4.74 Å². The molecule has 0 amide bonds. The molecule has 0 aliphatic rings. The van der Waals surface area contributed by atoms with Crippen LogP contribution >= 0.6 is 0 Å². The summed E-state index contributed by atoms with van der Waals surface area (Å²) >= 11 is 0. The molecule has 128 valence electrons. The van der Waals surface area contributed by atoms with Gasteiger partial charge < -0.3 is 14.2 Å². The SMILES string of the molecule is COC(=O)c1ccc(OCCCCCCOc2ccccc2)cc1. The van der Waals surface area contributed by atoms with Crippen LogP contribution in [-0.2, 0) is 4.74 Å². The normalized spacial score (nSPS) is 10.2. The van der Waals surface area contributed by atoms with Crippen LogP contribution in [-0.4, -0.2) is 26.3 Å². The number of carbonyl (C=O) groups excluding carboxylic acids is 1. The predicted molar refractivity (Wildman–Crippen MR) is 93.7 cm³/mol. The number of carbonyl (C=O) groups is 1. The molecule has 2 rings (SSSR count). The zero-order valence-corrected chi connectivity index (χ0v) is 14.1. The molecule has 24 heavy (non-hydrogen) atoms. The van der Waals surface area contributed by atoms with E-state index in [0.717, 1.165) is 43.8 Å². The first kappa shape index (κ1) is 17.9. The molecule has 0 heterocycles. The number of esters is 1. The van der Waals surface area contributed by atoms with Crippen molar-refractivity contribution in [3.8, 4) is 11.5 Å². The number of rotatable bonds is 10. The summed E-state index contributed by atoms with van der Waals surface area (Å²) in [4.78, 5) is 11.3. The molecule has 0 aliphatic carbocycles. The van der Waals surface area contributed by atoms with E-state index in [1.54, 1.807) is 24.3 Å². The van der Waals surface area contributed by atoms with Crippen molar-refractivity contribution in [1.82, 2.24) is 0 Å². The van der Waals surface area contributed by atoms with Gasteiger partial charge in [-0.2, -0.15) is 0 Å². The third-order valence-electron chi connectivity index (χ3n) is 3.59. The van der Waals surface area contributed by atoms with Crippen LogP contribution in [0.25, 0.3) is 0 Å². The maximum atomic E-state index is 11.3. The minimum absolute atomic E-state index is 0.334. The molecule has 0 N–H and O–H groups in total. The molecule has 0 atom stereocenters. The number of benzene rings is 2. The summed E-state index contributed by atoms with van der Waals surface area (Å²) in [6, 6.07) is 16.9. The van der Waals surface area contributed by atoms with Gasteiger partial charge in [0.15, 0.2) is 0 Å². The summed E-state index contributed by atoms with van der Waals surface area (Å²) in [5, 5.41) is 0. The van der Waals surface area contributed by atoms with Gasteiger partial charge in [0.2, 0.25) is 0 Å². The summed E-state index contributed by atoms with van der Waals surface area (Å²) < 4.78 is 16.0. The standard InChI is InChI=1S/C20H24O4/c1-22-20(21)17-11-13-19(14-12-17)24-16-8-3-2-7-15-23-18-9-5-4-6-10-18/h4-6,9-14H,2-3,7-8,15-16H2,1H3. The Morgan fingerprint density at radius 3 is 1.83 bits per heavy atom. The second kappa shape index (κ2) is 10.3. The Labute approximate surface area is 143 Å². The van der Waals surface area contributed by atoms with Crippen molar-refractivity contribution < 1.29 is 19.0 Å². The Kier molecular flexibility index (Phi) is 7.68. The molecule has 0 aliphatic heterocycles. The summed E-state index contributed by atoms with van der Waals surface area (Å²) in [6.07, 6.45) is 4.28. The molecule has 0 unspecified atom stereocenters. The van der Waals surface area contributed by atoms with Crippen molar-refractivity contribution in [1.29, 1.82) is 0 Å². The van der Waals surface area contributed by atoms with Crippen molar-refractivity contribution in [3.63, 3.8) is 0 Å². The Morgan fingerprint density at radius 1 is 0.750 bits per heavy atom. The molecule has 0 saturated heterocycles. The number of hydrogen-bond acceptors (Lipinski definition) is 4. The highest BCUT2D eigenvalue weighted by atomic mass is 16.5. The summed E-state index contributed by atoms with van der Waals surface area (Å²) in [6.45, 7) is 1.43. The third kappa shape index (κ3) is 6.32. The van der Waals surface area contributed by atoms with Crippen molar-refractivity contribution in [2.75, 3.05) is 20.3 Å². The van der Waals surface area contributed by atoms with Crippen LogP contribution in [0.15, 0.2) is 54.6 Å². The molecule has 2 aromatic rings. The molecule has 0 spiro atoms. The Bertz CT molecular complexity index is 593. The number of methoxy groups -OCH3 is 1. The van der Waals surface area contributed by atoms with Gasteiger partial charge in [-0.3, -0.25) is 0 Å². The van der Waals surface area contributed by atoms with E-state index in [4.69, 9.17) is 9.47 Å². The van der Waals surface area contributed by atoms with E-state index in [9.17, 15) is 4.79 Å². The number of ether oxygens (including phenoxy) is 3. The van der Waals surface area contributed by atoms with Crippen molar-refractivity contribution in [3.05, 3.63) is 60.2 Å². The first-order chi connectivity index (χ1) is 11.8. The Morgan fingerprint density at radius 2 is 1.29 bits per heavy atom. The van der Waals surface area contributed by atoms with Gasteiger partial charge >= 0.3 is 5.97 Å². The van der Waals surface area contributed by atoms with Crippen LogP contribution in [0.1, 0.15) is 36.0 Å². The van der Waals surface area contributed by atoms with E-state index in [0.29, 0.717) is 12.2 Å². The average molecular weight is 328 g/mol. The molecule has 4 nitrogen and oxygen atoms in total. The van der Waals surface area contributed by atoms with Gasteiger partial charge in [-0.15, -0.1) is 0 Å². The van der Waals surface area contributed by atoms with Crippen LogP contribution in [0, 0.1) is 0 Å². The van der Waals surface area contributed by atoms with E-state index in [1.165, 1.54) is 7.11 Å². The van der Waals surface area contributed by atoms with E-state index < -0.39 is 0 Å². The van der Waals surface area contributed by atoms with Gasteiger partial charge in [-0.05, 0) is 62.1 Å². The van der Waals surface area contributed by atoms with Gasteiger partial charge in [0.1, 0.15) is 11.5 Å². The monoisotopic (exact) mass is 328 g/mol. The van der Waals surface area contributed by atoms with E-state index in [1.807, 2.05) is 30.3 Å². The minimum Gasteiger partial charge on any atom is -0.494 e. The fourth-order valence-corrected chi connectivity index (χ4v) is 2.26. The highest BCUT2D eigenvalue weighted by Crippen LogP contribution is 2.14. The van der Waals surface area contributed by atoms with E-state index in [-0.39, 0.29) is 5.97 Å². The quantitative estimate of drug-likeness (QED) is 0.476. The smallest absolute Gasteiger partial charge is 0.337 e. The largest absolute Gasteiger partial charge is 0.494 e. The predicted octanol–water partition coefficient (Wildman–Crippen LogP) is 4.49. The van der Waals surface area contributed by atoms with Gasteiger partial charge in [0.05, 0.1) is 25.9 Å². The first-order valence-corrected chi connectivity index (χ1v) is 8.28. The van der Waals surface area contributed by atoms with Crippen LogP contribution in [0.2, 0.25) is 0 Å². The molecule has 4 heteroatoms. The number of hydrogen-bond donors (Lipinski definition) is 0. The van der Waals surface area contributed by atoms with Crippen LogP contribution in [0.4, 0.5) is 0 Å². The zero-order chi connectivity index (χ0) is 17.0. The topological polar surface area (TPSA) is 44.8 Å². The molecule has 0 saturated carbocycles. The van der Waals surface area contributed by atoms with Crippen molar-refractivity contribution >= 4 is 5.97 Å². The first-order valence-electron chi connectivity index (χ1n) is 8.28. The Hall–Kier alpha value is -2.49. The summed E-state index contributed by atoms with van der Waals surface area (Å²) in [5.74, 6) is 1.37. The van der Waals surface area contributed by atoms with E-state index >= 15 is 0 Å². The van der Waals surface area contributed by atoms with Crippen LogP contribution in [0.3, 0.4) is 0 Å². The van der Waals surface area contributed by atoms with Gasteiger partial charge in [-0.25, -0.2) is 4.79 Å². The third-order valence-corrected chi connectivity index (χ3v) is 3.59. The second-order valence-corrected chi connectivity index (χ2v) is 5.44. The van der Waals surface area contributed by atoms with Gasteiger partial charge in [-0.1, -0.05) is 18.2 Å². The molecule has 0 fully saturated rings. The lowest BCUT2D eigenvalue weighted by atomic mass is 10.2. The fraction of sp³-hybridized carbons (Fsp3) is 0.350.